The molecule has 0 saturated carbocycles. The zero-order chi connectivity index (χ0) is 20.5. The molecule has 150 valence electrons. The number of hydrogen-bond donors (Lipinski definition) is 1. The van der Waals surface area contributed by atoms with E-state index in [1.54, 1.807) is 7.05 Å². The summed E-state index contributed by atoms with van der Waals surface area (Å²) in [6.07, 6.45) is 1.52. The molecule has 2 aromatic heterocycles. The average molecular weight is 406 g/mol. The predicted octanol–water partition coefficient (Wildman–Crippen LogP) is 2.01. The van der Waals surface area contributed by atoms with Gasteiger partial charge in [-0.3, -0.25) is 13.7 Å². The van der Waals surface area contributed by atoms with Gasteiger partial charge >= 0.3 is 0 Å². The fraction of sp³-hybridized carbons (Fsp3) is 0.389. The molecule has 10 heteroatoms. The van der Waals surface area contributed by atoms with Gasteiger partial charge in [0, 0.05) is 7.05 Å². The molecule has 0 atom stereocenters. The molecule has 3 aromatic rings. The van der Waals surface area contributed by atoms with Crippen molar-refractivity contribution in [3.63, 3.8) is 0 Å². The van der Waals surface area contributed by atoms with E-state index < -0.39 is 10.1 Å². The fourth-order valence-corrected chi connectivity index (χ4v) is 3.70. The molecule has 0 unspecified atom stereocenters. The van der Waals surface area contributed by atoms with Gasteiger partial charge in [-0.2, -0.15) is 13.5 Å². The van der Waals surface area contributed by atoms with Crippen LogP contribution in [0.1, 0.15) is 26.0 Å². The monoisotopic (exact) mass is 406 g/mol. The minimum Gasteiger partial charge on any atom is -0.493 e. The van der Waals surface area contributed by atoms with Crippen molar-refractivity contribution in [2.75, 3.05) is 13.7 Å². The number of benzene rings is 1. The van der Waals surface area contributed by atoms with Crippen LogP contribution in [0, 0.1) is 0 Å². The zero-order valence-corrected chi connectivity index (χ0v) is 17.0. The van der Waals surface area contributed by atoms with E-state index in [1.165, 1.54) is 22.9 Å². The maximum atomic E-state index is 12.7. The van der Waals surface area contributed by atoms with Gasteiger partial charge in [0.2, 0.25) is 0 Å². The number of aryl methyl sites for hydroxylation is 2. The van der Waals surface area contributed by atoms with Crippen LogP contribution in [0.25, 0.3) is 22.4 Å². The number of ether oxygens (including phenoxy) is 1. The van der Waals surface area contributed by atoms with Crippen LogP contribution in [0.3, 0.4) is 0 Å². The van der Waals surface area contributed by atoms with E-state index >= 15 is 0 Å². The molecule has 0 amide bonds. The third-order valence-electron chi connectivity index (χ3n) is 4.26. The lowest BCUT2D eigenvalue weighted by Crippen LogP contribution is -2.13. The maximum Gasteiger partial charge on any atom is 0.296 e. The van der Waals surface area contributed by atoms with Crippen molar-refractivity contribution >= 4 is 21.2 Å². The number of aromatic nitrogens is 4. The Hall–Kier alpha value is -2.72. The number of H-pyrrole nitrogens is 1. The lowest BCUT2D eigenvalue weighted by molar-refractivity contribution is 0.341. The van der Waals surface area contributed by atoms with E-state index in [-0.39, 0.29) is 16.3 Å². The van der Waals surface area contributed by atoms with Crippen LogP contribution in [0.4, 0.5) is 0 Å². The molecule has 0 aliphatic rings. The summed E-state index contributed by atoms with van der Waals surface area (Å²) in [5.74, 6) is 0.612. The number of nitrogens with zero attached hydrogens (tertiary/aromatic N) is 3. The topological polar surface area (TPSA) is 116 Å². The molecule has 0 aliphatic heterocycles. The van der Waals surface area contributed by atoms with Gasteiger partial charge in [0.15, 0.2) is 5.52 Å². The second-order valence-electron chi connectivity index (χ2n) is 6.14. The van der Waals surface area contributed by atoms with Gasteiger partial charge in [-0.25, -0.2) is 4.98 Å². The van der Waals surface area contributed by atoms with Gasteiger partial charge in [-0.15, -0.1) is 0 Å². The molecule has 9 nitrogen and oxygen atoms in total. The van der Waals surface area contributed by atoms with Crippen molar-refractivity contribution in [3.8, 4) is 17.1 Å². The Morgan fingerprint density at radius 3 is 2.64 bits per heavy atom. The van der Waals surface area contributed by atoms with Gasteiger partial charge in [0.1, 0.15) is 17.1 Å². The third-order valence-corrected chi connectivity index (χ3v) is 5.53. The summed E-state index contributed by atoms with van der Waals surface area (Å²) in [5.41, 5.74) is 1.56. The van der Waals surface area contributed by atoms with Gasteiger partial charge in [0.05, 0.1) is 29.9 Å². The summed E-state index contributed by atoms with van der Waals surface area (Å²) in [5, 5.41) is 4.39. The Morgan fingerprint density at radius 1 is 1.25 bits per heavy atom. The molecule has 1 N–H and O–H groups in total. The van der Waals surface area contributed by atoms with Crippen molar-refractivity contribution in [2.45, 2.75) is 31.6 Å². The van der Waals surface area contributed by atoms with Crippen molar-refractivity contribution < 1.29 is 17.3 Å². The minimum absolute atomic E-state index is 0.0591. The van der Waals surface area contributed by atoms with Crippen LogP contribution >= 0.6 is 0 Å². The quantitative estimate of drug-likeness (QED) is 0.597. The number of nitrogens with one attached hydrogen (secondary N) is 1. The van der Waals surface area contributed by atoms with Gasteiger partial charge in [-0.1, -0.05) is 13.3 Å². The fourth-order valence-electron chi connectivity index (χ4n) is 3.01. The van der Waals surface area contributed by atoms with Crippen LogP contribution in [0.15, 0.2) is 27.9 Å². The lowest BCUT2D eigenvalue weighted by atomic mass is 10.1. The molecular weight excluding hydrogens is 384 g/mol. The Balaban J connectivity index is 2.30. The van der Waals surface area contributed by atoms with Crippen molar-refractivity contribution in [1.82, 2.24) is 19.7 Å². The first-order valence-electron chi connectivity index (χ1n) is 8.86. The highest BCUT2D eigenvalue weighted by molar-refractivity contribution is 7.86. The standard InChI is InChI=1S/C18H22N4O5S/c1-5-7-13-15-16(22(3)21-13)18(23)20-17(19-15)12-10-11(28(24,25)26-4)8-9-14(12)27-6-2/h8-10H,5-7H2,1-4H3,(H,19,20,23). The van der Waals surface area contributed by atoms with E-state index in [1.807, 2.05) is 13.8 Å². The molecule has 0 bridgehead atoms. The van der Waals surface area contributed by atoms with Gasteiger partial charge in [0.25, 0.3) is 15.7 Å². The highest BCUT2D eigenvalue weighted by Gasteiger charge is 2.20. The number of fused-ring (bicyclic) bond motifs is 1. The molecule has 0 aliphatic carbocycles. The molecule has 0 spiro atoms. The van der Waals surface area contributed by atoms with Gasteiger partial charge < -0.3 is 9.72 Å². The zero-order valence-electron chi connectivity index (χ0n) is 16.1. The first-order valence-corrected chi connectivity index (χ1v) is 10.3. The summed E-state index contributed by atoms with van der Waals surface area (Å²) in [7, 11) is -1.14. The van der Waals surface area contributed by atoms with Gasteiger partial charge in [-0.05, 0) is 31.5 Å². The second-order valence-corrected chi connectivity index (χ2v) is 7.86. The molecule has 0 radical (unpaired) electrons. The minimum atomic E-state index is -3.92. The summed E-state index contributed by atoms with van der Waals surface area (Å²) in [6, 6.07) is 4.28. The van der Waals surface area contributed by atoms with E-state index in [0.717, 1.165) is 13.5 Å². The molecular formula is C18H22N4O5S. The SMILES string of the molecule is CCCc1nn(C)c2c(=O)[nH]c(-c3cc(S(=O)(=O)OC)ccc3OCC)nc12. The molecule has 0 saturated heterocycles. The van der Waals surface area contributed by atoms with Crippen LogP contribution in [-0.2, 0) is 27.8 Å². The highest BCUT2D eigenvalue weighted by Crippen LogP contribution is 2.31. The molecule has 2 heterocycles. The number of hydrogen-bond acceptors (Lipinski definition) is 7. The third kappa shape index (κ3) is 3.52. The van der Waals surface area contributed by atoms with E-state index in [9.17, 15) is 13.2 Å². The van der Waals surface area contributed by atoms with E-state index in [0.29, 0.717) is 41.1 Å². The van der Waals surface area contributed by atoms with Crippen LogP contribution in [0.2, 0.25) is 0 Å². The molecule has 3 rings (SSSR count). The lowest BCUT2D eigenvalue weighted by Gasteiger charge is -2.12. The largest absolute Gasteiger partial charge is 0.493 e. The maximum absolute atomic E-state index is 12.7. The van der Waals surface area contributed by atoms with Crippen LogP contribution in [-0.4, -0.2) is 41.9 Å². The Morgan fingerprint density at radius 2 is 2.00 bits per heavy atom. The highest BCUT2D eigenvalue weighted by atomic mass is 32.2. The van der Waals surface area contributed by atoms with Crippen molar-refractivity contribution in [1.29, 1.82) is 0 Å². The summed E-state index contributed by atoms with van der Waals surface area (Å²) < 4.78 is 35.9. The molecule has 1 aromatic carbocycles. The molecule has 28 heavy (non-hydrogen) atoms. The van der Waals surface area contributed by atoms with E-state index in [4.69, 9.17) is 4.74 Å². The summed E-state index contributed by atoms with van der Waals surface area (Å²) in [4.78, 5) is 19.9. The van der Waals surface area contributed by atoms with Crippen LogP contribution in [0.5, 0.6) is 5.75 Å². The number of aromatic amines is 1. The normalized spacial score (nSPS) is 11.9. The second kappa shape index (κ2) is 7.72. The first-order chi connectivity index (χ1) is 13.3. The van der Waals surface area contributed by atoms with E-state index in [2.05, 4.69) is 19.2 Å². The van der Waals surface area contributed by atoms with Crippen LogP contribution < -0.4 is 10.3 Å². The Bertz CT molecular complexity index is 1180. The first kappa shape index (κ1) is 20.0. The Labute approximate surface area is 162 Å². The van der Waals surface area contributed by atoms with Crippen molar-refractivity contribution in [2.24, 2.45) is 7.05 Å². The van der Waals surface area contributed by atoms with Crippen molar-refractivity contribution in [3.05, 3.63) is 34.2 Å². The average Bonchev–Trinajstić information content (AvgIpc) is 2.98. The summed E-state index contributed by atoms with van der Waals surface area (Å²) >= 11 is 0. The smallest absolute Gasteiger partial charge is 0.296 e. The molecule has 0 fully saturated rings. The summed E-state index contributed by atoms with van der Waals surface area (Å²) in [6.45, 7) is 4.19. The Kier molecular flexibility index (Phi) is 5.52. The predicted molar refractivity (Wildman–Crippen MR) is 104 cm³/mol. The number of rotatable bonds is 7.